The standard InChI is InChI=1S/C14H13N3O/c1-2-7-15-10-14(18)17-13-5-3-4-11-6-8-16-9-12(11)13/h1,3-6,8-9,15H,7,10H2,(H,17,18). The van der Waals surface area contributed by atoms with Crippen LogP contribution in [0.15, 0.2) is 36.7 Å². The van der Waals surface area contributed by atoms with E-state index in [1.165, 1.54) is 0 Å². The lowest BCUT2D eigenvalue weighted by Gasteiger charge is -2.08. The Morgan fingerprint density at radius 2 is 2.28 bits per heavy atom. The topological polar surface area (TPSA) is 54.0 Å². The van der Waals surface area contributed by atoms with E-state index in [2.05, 4.69) is 21.5 Å². The van der Waals surface area contributed by atoms with Crippen molar-refractivity contribution >= 4 is 22.4 Å². The number of benzene rings is 1. The van der Waals surface area contributed by atoms with Gasteiger partial charge in [-0.1, -0.05) is 18.1 Å². The van der Waals surface area contributed by atoms with Crippen LogP contribution in [-0.4, -0.2) is 24.0 Å². The van der Waals surface area contributed by atoms with Crippen molar-refractivity contribution in [3.05, 3.63) is 36.7 Å². The third-order valence-corrected chi connectivity index (χ3v) is 2.47. The number of anilines is 1. The number of aromatic nitrogens is 1. The van der Waals surface area contributed by atoms with Crippen molar-refractivity contribution < 1.29 is 4.79 Å². The van der Waals surface area contributed by atoms with Gasteiger partial charge in [-0.25, -0.2) is 0 Å². The van der Waals surface area contributed by atoms with Gasteiger partial charge in [-0.3, -0.25) is 15.1 Å². The molecule has 0 fully saturated rings. The average molecular weight is 239 g/mol. The van der Waals surface area contributed by atoms with Crippen molar-refractivity contribution in [1.29, 1.82) is 0 Å². The molecule has 2 N–H and O–H groups in total. The van der Waals surface area contributed by atoms with Crippen molar-refractivity contribution in [3.63, 3.8) is 0 Å². The lowest BCUT2D eigenvalue weighted by atomic mass is 10.1. The quantitative estimate of drug-likeness (QED) is 0.626. The SMILES string of the molecule is C#CCNCC(=O)Nc1cccc2ccncc12. The minimum Gasteiger partial charge on any atom is -0.324 e. The molecule has 0 saturated heterocycles. The van der Waals surface area contributed by atoms with Gasteiger partial charge in [0.15, 0.2) is 0 Å². The lowest BCUT2D eigenvalue weighted by Crippen LogP contribution is -2.28. The predicted octanol–water partition coefficient (Wildman–Crippen LogP) is 1.40. The maximum Gasteiger partial charge on any atom is 0.238 e. The molecule has 0 atom stereocenters. The number of carbonyl (C=O) groups excluding carboxylic acids is 1. The van der Waals surface area contributed by atoms with Crippen molar-refractivity contribution in [2.75, 3.05) is 18.4 Å². The third kappa shape index (κ3) is 2.84. The van der Waals surface area contributed by atoms with E-state index >= 15 is 0 Å². The van der Waals surface area contributed by atoms with Crippen molar-refractivity contribution in [3.8, 4) is 12.3 Å². The maximum atomic E-state index is 11.7. The number of nitrogens with one attached hydrogen (secondary N) is 2. The van der Waals surface area contributed by atoms with Crippen LogP contribution >= 0.6 is 0 Å². The van der Waals surface area contributed by atoms with E-state index in [9.17, 15) is 4.79 Å². The van der Waals surface area contributed by atoms with Gasteiger partial charge < -0.3 is 5.32 Å². The molecule has 4 nitrogen and oxygen atoms in total. The first-order valence-corrected chi connectivity index (χ1v) is 5.58. The maximum absolute atomic E-state index is 11.7. The molecule has 2 aromatic rings. The number of nitrogens with zero attached hydrogens (tertiary/aromatic N) is 1. The third-order valence-electron chi connectivity index (χ3n) is 2.47. The van der Waals surface area contributed by atoms with E-state index < -0.39 is 0 Å². The first-order chi connectivity index (χ1) is 8.81. The summed E-state index contributed by atoms with van der Waals surface area (Å²) in [5.74, 6) is 2.29. The van der Waals surface area contributed by atoms with E-state index in [1.807, 2.05) is 24.3 Å². The molecule has 1 aromatic carbocycles. The van der Waals surface area contributed by atoms with Gasteiger partial charge in [-0.15, -0.1) is 6.42 Å². The molecule has 1 heterocycles. The number of hydrogen-bond donors (Lipinski definition) is 2. The van der Waals surface area contributed by atoms with Crippen LogP contribution in [0.1, 0.15) is 0 Å². The molecular weight excluding hydrogens is 226 g/mol. The first-order valence-electron chi connectivity index (χ1n) is 5.58. The average Bonchev–Trinajstić information content (AvgIpc) is 2.39. The molecule has 0 bridgehead atoms. The zero-order valence-electron chi connectivity index (χ0n) is 9.81. The van der Waals surface area contributed by atoms with Crippen molar-refractivity contribution in [1.82, 2.24) is 10.3 Å². The zero-order valence-corrected chi connectivity index (χ0v) is 9.81. The Morgan fingerprint density at radius 1 is 1.39 bits per heavy atom. The molecular formula is C14H13N3O. The summed E-state index contributed by atoms with van der Waals surface area (Å²) in [6, 6.07) is 7.63. The highest BCUT2D eigenvalue weighted by atomic mass is 16.1. The Kier molecular flexibility index (Phi) is 3.90. The number of pyridine rings is 1. The Morgan fingerprint density at radius 3 is 3.11 bits per heavy atom. The first kappa shape index (κ1) is 12.1. The lowest BCUT2D eigenvalue weighted by molar-refractivity contribution is -0.115. The van der Waals surface area contributed by atoms with Crippen LogP contribution in [0.4, 0.5) is 5.69 Å². The van der Waals surface area contributed by atoms with E-state index in [1.54, 1.807) is 12.4 Å². The normalized spacial score (nSPS) is 9.94. The van der Waals surface area contributed by atoms with Crippen LogP contribution in [0.25, 0.3) is 10.8 Å². The van der Waals surface area contributed by atoms with Gasteiger partial charge in [0.05, 0.1) is 18.8 Å². The minimum absolute atomic E-state index is 0.124. The fourth-order valence-corrected chi connectivity index (χ4v) is 1.66. The van der Waals surface area contributed by atoms with Crippen LogP contribution in [-0.2, 0) is 4.79 Å². The van der Waals surface area contributed by atoms with Gasteiger partial charge in [0.1, 0.15) is 0 Å². The molecule has 0 saturated carbocycles. The predicted molar refractivity (Wildman–Crippen MR) is 72.1 cm³/mol. The number of hydrogen-bond acceptors (Lipinski definition) is 3. The summed E-state index contributed by atoms with van der Waals surface area (Å²) < 4.78 is 0. The monoisotopic (exact) mass is 239 g/mol. The largest absolute Gasteiger partial charge is 0.324 e. The summed E-state index contributed by atoms with van der Waals surface area (Å²) in [5, 5.41) is 7.64. The number of carbonyl (C=O) groups is 1. The summed E-state index contributed by atoms with van der Waals surface area (Å²) in [5.41, 5.74) is 0.758. The molecule has 0 aliphatic carbocycles. The number of terminal acetylenes is 1. The molecule has 18 heavy (non-hydrogen) atoms. The Balaban J connectivity index is 2.12. The van der Waals surface area contributed by atoms with Crippen LogP contribution in [0.2, 0.25) is 0 Å². The Labute approximate surface area is 105 Å². The van der Waals surface area contributed by atoms with Gasteiger partial charge in [-0.05, 0) is 17.5 Å². The van der Waals surface area contributed by atoms with Gasteiger partial charge in [0.2, 0.25) is 5.91 Å². The van der Waals surface area contributed by atoms with E-state index in [0.717, 1.165) is 16.5 Å². The van der Waals surface area contributed by atoms with Crippen LogP contribution in [0.3, 0.4) is 0 Å². The van der Waals surface area contributed by atoms with Gasteiger partial charge in [0.25, 0.3) is 0 Å². The van der Waals surface area contributed by atoms with Crippen LogP contribution in [0, 0.1) is 12.3 Å². The van der Waals surface area contributed by atoms with Crippen LogP contribution in [0.5, 0.6) is 0 Å². The number of amides is 1. The highest BCUT2D eigenvalue weighted by molar-refractivity contribution is 6.02. The second kappa shape index (κ2) is 5.80. The number of fused-ring (bicyclic) bond motifs is 1. The highest BCUT2D eigenvalue weighted by Crippen LogP contribution is 2.21. The summed E-state index contributed by atoms with van der Waals surface area (Å²) in [6.45, 7) is 0.575. The summed E-state index contributed by atoms with van der Waals surface area (Å²) in [4.78, 5) is 15.7. The molecule has 1 amide bonds. The molecule has 0 aliphatic rings. The molecule has 0 unspecified atom stereocenters. The minimum atomic E-state index is -0.124. The zero-order chi connectivity index (χ0) is 12.8. The molecule has 0 aliphatic heterocycles. The van der Waals surface area contributed by atoms with Gasteiger partial charge in [0, 0.05) is 17.8 Å². The van der Waals surface area contributed by atoms with Crippen LogP contribution < -0.4 is 10.6 Å². The summed E-state index contributed by atoms with van der Waals surface area (Å²) in [7, 11) is 0. The number of rotatable bonds is 4. The fraction of sp³-hybridized carbons (Fsp3) is 0.143. The van der Waals surface area contributed by atoms with Gasteiger partial charge in [-0.2, -0.15) is 0 Å². The fourth-order valence-electron chi connectivity index (χ4n) is 1.66. The molecule has 2 rings (SSSR count). The molecule has 90 valence electrons. The molecule has 4 heteroatoms. The van der Waals surface area contributed by atoms with Crippen molar-refractivity contribution in [2.24, 2.45) is 0 Å². The van der Waals surface area contributed by atoms with Gasteiger partial charge >= 0.3 is 0 Å². The van der Waals surface area contributed by atoms with E-state index in [4.69, 9.17) is 6.42 Å². The van der Waals surface area contributed by atoms with Crippen molar-refractivity contribution in [2.45, 2.75) is 0 Å². The Hall–Kier alpha value is -2.38. The summed E-state index contributed by atoms with van der Waals surface area (Å²) >= 11 is 0. The molecule has 0 radical (unpaired) electrons. The second-order valence-electron chi connectivity index (χ2n) is 3.76. The molecule has 0 spiro atoms. The van der Waals surface area contributed by atoms with E-state index in [0.29, 0.717) is 6.54 Å². The smallest absolute Gasteiger partial charge is 0.238 e. The molecule has 1 aromatic heterocycles. The highest BCUT2D eigenvalue weighted by Gasteiger charge is 2.04. The van der Waals surface area contributed by atoms with E-state index in [-0.39, 0.29) is 12.5 Å². The Bertz CT molecular complexity index is 596. The summed E-state index contributed by atoms with van der Waals surface area (Å²) in [6.07, 6.45) is 8.55. The second-order valence-corrected chi connectivity index (χ2v) is 3.76.